The number of aromatic nitrogens is 1. The highest BCUT2D eigenvalue weighted by Crippen LogP contribution is 2.58. The molecule has 1 aromatic heterocycles. The van der Waals surface area contributed by atoms with Crippen molar-refractivity contribution in [1.29, 1.82) is 0 Å². The monoisotopic (exact) mass is 729 g/mol. The number of carbonyl (C=O) groups is 1. The molecule has 0 unspecified atom stereocenters. The van der Waals surface area contributed by atoms with Crippen LogP contribution in [-0.2, 0) is 27.8 Å². The van der Waals surface area contributed by atoms with E-state index in [9.17, 15) is 9.90 Å². The van der Waals surface area contributed by atoms with Gasteiger partial charge in [-0.2, -0.15) is 0 Å². The summed E-state index contributed by atoms with van der Waals surface area (Å²) in [6, 6.07) is 13.7. The molecule has 4 aliphatic rings. The molecule has 3 aliphatic carbocycles. The number of aliphatic carboxylic acids is 1. The molecule has 9 nitrogen and oxygen atoms in total. The predicted octanol–water partition coefficient (Wildman–Crippen LogP) is 8.39. The first-order valence-electron chi connectivity index (χ1n) is 18.8. The maximum Gasteiger partial charge on any atom is 0.329 e. The number of ether oxygens (including phenoxy) is 4. The van der Waals surface area contributed by atoms with Crippen molar-refractivity contribution >= 4 is 23.3 Å². The first-order valence-corrected chi connectivity index (χ1v) is 19.2. The molecule has 1 fully saturated rings. The van der Waals surface area contributed by atoms with Crippen LogP contribution in [0.3, 0.4) is 0 Å². The summed E-state index contributed by atoms with van der Waals surface area (Å²) in [4.78, 5) is 19.7. The van der Waals surface area contributed by atoms with Gasteiger partial charge in [-0.25, -0.2) is 4.79 Å². The molecule has 2 heterocycles. The lowest BCUT2D eigenvalue weighted by molar-refractivity contribution is -0.144. The first kappa shape index (κ1) is 36.4. The maximum atomic E-state index is 13.0. The molecule has 278 valence electrons. The number of anilines is 1. The lowest BCUT2D eigenvalue weighted by Gasteiger charge is -2.47. The zero-order chi connectivity index (χ0) is 36.5. The second kappa shape index (κ2) is 15.2. The number of benzene rings is 2. The van der Waals surface area contributed by atoms with E-state index < -0.39 is 11.5 Å². The van der Waals surface area contributed by atoms with Crippen LogP contribution in [-0.4, -0.2) is 67.0 Å². The topological polar surface area (TPSA) is 102 Å². The molecule has 1 spiro atoms. The molecule has 0 saturated heterocycles. The Morgan fingerprint density at radius 1 is 1.19 bits per heavy atom. The molecule has 3 atom stereocenters. The highest BCUT2D eigenvalue weighted by atomic mass is 35.5. The number of fused-ring (bicyclic) bond motifs is 4. The van der Waals surface area contributed by atoms with E-state index in [-0.39, 0.29) is 11.3 Å². The Hall–Kier alpha value is -3.95. The molecular formula is C42H52ClN3O6. The molecule has 0 bridgehead atoms. The molecule has 3 aromatic rings. The molecule has 52 heavy (non-hydrogen) atoms. The number of carboxylic acids is 1. The Bertz CT molecular complexity index is 1800. The SMILES string of the molecule is COCCN(C)/C=C1\COc2cc3c(cc2O1)C1(CCC(Nc2cccc(Cl)c2)(C(=O)O)CC1)[C@@H](C[C@@H](C)COc1ccnc2c1[C@H](C)CCC2)C3. The largest absolute Gasteiger partial charge is 0.493 e. The quantitative estimate of drug-likeness (QED) is 0.190. The maximum absolute atomic E-state index is 13.0. The molecule has 2 N–H and O–H groups in total. The summed E-state index contributed by atoms with van der Waals surface area (Å²) in [6.07, 6.45) is 11.5. The predicted molar refractivity (Wildman–Crippen MR) is 203 cm³/mol. The van der Waals surface area contributed by atoms with E-state index in [4.69, 9.17) is 30.5 Å². The van der Waals surface area contributed by atoms with Crippen LogP contribution in [0.2, 0.25) is 5.02 Å². The third-order valence-corrected chi connectivity index (χ3v) is 12.2. The molecule has 10 heteroatoms. The van der Waals surface area contributed by atoms with Crippen molar-refractivity contribution < 1.29 is 28.8 Å². The summed E-state index contributed by atoms with van der Waals surface area (Å²) in [5.41, 5.74) is 4.41. The number of likely N-dealkylation sites (N-methyl/N-ethyl adjacent to an activating group) is 1. The number of hydrogen-bond donors (Lipinski definition) is 2. The molecule has 1 aliphatic heterocycles. The third-order valence-electron chi connectivity index (χ3n) is 12.0. The van der Waals surface area contributed by atoms with Gasteiger partial charge in [0.2, 0.25) is 0 Å². The molecule has 7 rings (SSSR count). The van der Waals surface area contributed by atoms with E-state index in [1.807, 2.05) is 42.5 Å². The minimum absolute atomic E-state index is 0.210. The number of pyridine rings is 1. The van der Waals surface area contributed by atoms with Crippen molar-refractivity contribution in [2.75, 3.05) is 45.8 Å². The van der Waals surface area contributed by atoms with Crippen molar-refractivity contribution in [1.82, 2.24) is 9.88 Å². The molecule has 0 radical (unpaired) electrons. The number of halogens is 1. The number of nitrogens with one attached hydrogen (secondary N) is 1. The lowest BCUT2D eigenvalue weighted by Crippen LogP contribution is -2.53. The van der Waals surface area contributed by atoms with Crippen molar-refractivity contribution in [2.24, 2.45) is 11.8 Å². The van der Waals surface area contributed by atoms with E-state index in [2.05, 4.69) is 36.3 Å². The van der Waals surface area contributed by atoms with Crippen molar-refractivity contribution in [3.63, 3.8) is 0 Å². The van der Waals surface area contributed by atoms with Crippen LogP contribution >= 0.6 is 11.6 Å². The Balaban J connectivity index is 1.15. The van der Waals surface area contributed by atoms with Crippen molar-refractivity contribution in [3.8, 4) is 17.2 Å². The number of carboxylic acid groups (broad SMARTS) is 1. The Morgan fingerprint density at radius 3 is 2.79 bits per heavy atom. The summed E-state index contributed by atoms with van der Waals surface area (Å²) in [5.74, 6) is 3.41. The number of methoxy groups -OCH3 is 1. The van der Waals surface area contributed by atoms with Gasteiger partial charge in [-0.15, -0.1) is 0 Å². The highest BCUT2D eigenvalue weighted by molar-refractivity contribution is 6.30. The summed E-state index contributed by atoms with van der Waals surface area (Å²) >= 11 is 6.30. The minimum atomic E-state index is -1.09. The van der Waals surface area contributed by atoms with Gasteiger partial charge in [0.05, 0.1) is 13.2 Å². The average Bonchev–Trinajstić information content (AvgIpc) is 3.40. The van der Waals surface area contributed by atoms with Gasteiger partial charge in [-0.1, -0.05) is 31.5 Å². The minimum Gasteiger partial charge on any atom is -0.493 e. The van der Waals surface area contributed by atoms with Crippen molar-refractivity contribution in [3.05, 3.63) is 88.0 Å². The van der Waals surface area contributed by atoms with Gasteiger partial charge in [0.15, 0.2) is 17.3 Å². The Kier molecular flexibility index (Phi) is 10.6. The van der Waals surface area contributed by atoms with E-state index in [0.29, 0.717) is 49.5 Å². The van der Waals surface area contributed by atoms with Crippen LogP contribution in [0.15, 0.2) is 60.6 Å². The fourth-order valence-electron chi connectivity index (χ4n) is 9.24. The Labute approximate surface area is 312 Å². The third kappa shape index (κ3) is 7.31. The number of hydrogen-bond acceptors (Lipinski definition) is 8. The standard InChI is InChI=1S/C42H52ClN3O6/c1-27(25-50-36-11-16-44-35-10-5-7-28(2)39(35)36)19-30-20-29-21-37-38(52-33(26-51-37)24-46(3)17-18-49-4)23-34(29)41(30)12-14-42(15-13-41,40(47)48)45-32-9-6-8-31(43)22-32/h6,8-9,11,16,21-24,27-28,30,45H,5,7,10,12-15,17-20,25-26H2,1-4H3,(H,47,48)/b33-24+/t27-,28-,30+,41?,42?/m1/s1. The van der Waals surface area contributed by atoms with E-state index in [1.165, 1.54) is 28.8 Å². The van der Waals surface area contributed by atoms with Crippen LogP contribution in [0, 0.1) is 11.8 Å². The fourth-order valence-corrected chi connectivity index (χ4v) is 9.43. The van der Waals surface area contributed by atoms with E-state index in [1.54, 1.807) is 19.2 Å². The second-order valence-corrected chi connectivity index (χ2v) is 16.0. The van der Waals surface area contributed by atoms with Gasteiger partial charge in [0, 0.05) is 55.1 Å². The highest BCUT2D eigenvalue weighted by Gasteiger charge is 2.54. The van der Waals surface area contributed by atoms with E-state index in [0.717, 1.165) is 73.8 Å². The lowest BCUT2D eigenvalue weighted by atomic mass is 9.59. The van der Waals surface area contributed by atoms with Crippen molar-refractivity contribution in [2.45, 2.75) is 88.5 Å². The molecule has 2 aromatic carbocycles. The van der Waals surface area contributed by atoms with Gasteiger partial charge in [-0.3, -0.25) is 4.98 Å². The van der Waals surface area contributed by atoms with Gasteiger partial charge in [0.25, 0.3) is 0 Å². The summed E-state index contributed by atoms with van der Waals surface area (Å²) < 4.78 is 24.6. The molecular weight excluding hydrogens is 678 g/mol. The smallest absolute Gasteiger partial charge is 0.329 e. The molecule has 0 amide bonds. The molecule has 1 saturated carbocycles. The van der Waals surface area contributed by atoms with Crippen LogP contribution in [0.5, 0.6) is 17.2 Å². The van der Waals surface area contributed by atoms with Crippen LogP contribution in [0.1, 0.15) is 87.1 Å². The van der Waals surface area contributed by atoms with Crippen LogP contribution in [0.4, 0.5) is 5.69 Å². The number of rotatable bonds is 12. The van der Waals surface area contributed by atoms with Gasteiger partial charge >= 0.3 is 5.97 Å². The summed E-state index contributed by atoms with van der Waals surface area (Å²) in [7, 11) is 3.69. The normalized spacial score (nSPS) is 26.1. The Morgan fingerprint density at radius 2 is 2.02 bits per heavy atom. The summed E-state index contributed by atoms with van der Waals surface area (Å²) in [6.45, 7) is 6.90. The number of aryl methyl sites for hydroxylation is 1. The first-order chi connectivity index (χ1) is 25.1. The van der Waals surface area contributed by atoms with Gasteiger partial charge in [0.1, 0.15) is 17.9 Å². The van der Waals surface area contributed by atoms with Gasteiger partial charge < -0.3 is 34.3 Å². The summed E-state index contributed by atoms with van der Waals surface area (Å²) in [5, 5.41) is 14.7. The van der Waals surface area contributed by atoms with Gasteiger partial charge in [-0.05, 0) is 128 Å². The van der Waals surface area contributed by atoms with E-state index >= 15 is 0 Å². The van der Waals surface area contributed by atoms with Crippen LogP contribution < -0.4 is 19.5 Å². The number of nitrogens with zero attached hydrogens (tertiary/aromatic N) is 2. The fraction of sp³-hybridized carbons (Fsp3) is 0.524. The zero-order valence-electron chi connectivity index (χ0n) is 30.9. The van der Waals surface area contributed by atoms with Crippen LogP contribution in [0.25, 0.3) is 0 Å². The average molecular weight is 730 g/mol. The second-order valence-electron chi connectivity index (χ2n) is 15.6. The zero-order valence-corrected chi connectivity index (χ0v) is 31.6.